The third-order valence-corrected chi connectivity index (χ3v) is 3.22. The van der Waals surface area contributed by atoms with Crippen molar-refractivity contribution in [3.63, 3.8) is 0 Å². The molecule has 2 N–H and O–H groups in total. The fourth-order valence-electron chi connectivity index (χ4n) is 2.03. The first-order chi connectivity index (χ1) is 8.80. The summed E-state index contributed by atoms with van der Waals surface area (Å²) in [5, 5.41) is 0. The number of likely N-dealkylation sites (N-methyl/N-ethyl adjacent to an activating group) is 1. The van der Waals surface area contributed by atoms with Gasteiger partial charge in [-0.15, -0.1) is 0 Å². The summed E-state index contributed by atoms with van der Waals surface area (Å²) in [6.45, 7) is 8.75. The highest BCUT2D eigenvalue weighted by Gasteiger charge is 2.09. The average Bonchev–Trinajstić information content (AvgIpc) is 2.83. The van der Waals surface area contributed by atoms with Gasteiger partial charge >= 0.3 is 0 Å². The van der Waals surface area contributed by atoms with E-state index in [4.69, 9.17) is 5.73 Å². The molecule has 0 aliphatic heterocycles. The molecule has 2 heterocycles. The Hall–Kier alpha value is -1.53. The molecule has 0 saturated heterocycles. The topological polar surface area (TPSA) is 72.9 Å². The maximum Gasteiger partial charge on any atom is 0.163 e. The molecule has 0 aromatic carbocycles. The van der Waals surface area contributed by atoms with Gasteiger partial charge < -0.3 is 15.2 Å². The van der Waals surface area contributed by atoms with E-state index in [9.17, 15) is 0 Å². The van der Waals surface area contributed by atoms with Crippen molar-refractivity contribution in [2.75, 3.05) is 19.6 Å². The highest BCUT2D eigenvalue weighted by molar-refractivity contribution is 5.72. The van der Waals surface area contributed by atoms with Crippen LogP contribution in [-0.2, 0) is 13.1 Å². The second kappa shape index (κ2) is 5.88. The molecule has 2 aromatic heterocycles. The van der Waals surface area contributed by atoms with Crippen LogP contribution < -0.4 is 5.73 Å². The second-order valence-corrected chi connectivity index (χ2v) is 4.16. The number of rotatable bonds is 6. The lowest BCUT2D eigenvalue weighted by Gasteiger charge is -2.17. The Morgan fingerprint density at radius 2 is 2.00 bits per heavy atom. The van der Waals surface area contributed by atoms with Gasteiger partial charge in [-0.1, -0.05) is 13.8 Å². The van der Waals surface area contributed by atoms with Crippen LogP contribution in [0.3, 0.4) is 0 Å². The molecule has 6 heteroatoms. The third kappa shape index (κ3) is 2.49. The first-order valence-electron chi connectivity index (χ1n) is 6.37. The Balaban J connectivity index is 2.19. The van der Waals surface area contributed by atoms with Gasteiger partial charge in [-0.2, -0.15) is 0 Å². The van der Waals surface area contributed by atoms with Gasteiger partial charge in [-0.05, 0) is 13.1 Å². The minimum Gasteiger partial charge on any atom is -0.325 e. The molecule has 18 heavy (non-hydrogen) atoms. The zero-order valence-corrected chi connectivity index (χ0v) is 11.0. The van der Waals surface area contributed by atoms with Gasteiger partial charge in [0, 0.05) is 19.6 Å². The van der Waals surface area contributed by atoms with Crippen molar-refractivity contribution < 1.29 is 0 Å². The summed E-state index contributed by atoms with van der Waals surface area (Å²) >= 11 is 0. The lowest BCUT2D eigenvalue weighted by atomic mass is 10.3. The molecule has 0 atom stereocenters. The van der Waals surface area contributed by atoms with Crippen molar-refractivity contribution in [2.24, 2.45) is 5.73 Å². The maximum absolute atomic E-state index is 5.64. The van der Waals surface area contributed by atoms with Crippen LogP contribution in [0.2, 0.25) is 0 Å². The minimum atomic E-state index is 0.395. The van der Waals surface area contributed by atoms with Gasteiger partial charge in [-0.3, -0.25) is 0 Å². The highest BCUT2D eigenvalue weighted by atomic mass is 15.2. The van der Waals surface area contributed by atoms with Crippen LogP contribution in [0.4, 0.5) is 0 Å². The standard InChI is InChI=1S/C12H20N6/c1-3-17(4-2)5-6-18-9-16-11-10(7-13)14-8-15-12(11)18/h8-9H,3-7,13H2,1-2H3. The van der Waals surface area contributed by atoms with Crippen molar-refractivity contribution in [2.45, 2.75) is 26.9 Å². The number of nitrogens with zero attached hydrogens (tertiary/aromatic N) is 5. The average molecular weight is 248 g/mol. The number of hydrogen-bond donors (Lipinski definition) is 1. The SMILES string of the molecule is CCN(CC)CCn1cnc2c(CN)ncnc21. The lowest BCUT2D eigenvalue weighted by Crippen LogP contribution is -2.26. The molecule has 6 nitrogen and oxygen atoms in total. The fourth-order valence-corrected chi connectivity index (χ4v) is 2.03. The predicted molar refractivity (Wildman–Crippen MR) is 71.0 cm³/mol. The molecule has 0 bridgehead atoms. The van der Waals surface area contributed by atoms with Crippen molar-refractivity contribution >= 4 is 11.2 Å². The molecule has 0 aliphatic rings. The van der Waals surface area contributed by atoms with Crippen LogP contribution in [-0.4, -0.2) is 44.1 Å². The number of aromatic nitrogens is 4. The fraction of sp³-hybridized carbons (Fsp3) is 0.583. The Bertz CT molecular complexity index is 502. The Labute approximate surface area is 107 Å². The molecule has 2 rings (SSSR count). The summed E-state index contributed by atoms with van der Waals surface area (Å²) in [6, 6.07) is 0. The van der Waals surface area contributed by atoms with E-state index in [2.05, 4.69) is 38.3 Å². The largest absolute Gasteiger partial charge is 0.325 e. The smallest absolute Gasteiger partial charge is 0.163 e. The van der Waals surface area contributed by atoms with Gasteiger partial charge in [0.15, 0.2) is 5.65 Å². The first-order valence-corrected chi connectivity index (χ1v) is 6.37. The zero-order valence-electron chi connectivity index (χ0n) is 11.0. The summed E-state index contributed by atoms with van der Waals surface area (Å²) in [5.74, 6) is 0. The van der Waals surface area contributed by atoms with Crippen molar-refractivity contribution in [3.8, 4) is 0 Å². The van der Waals surface area contributed by atoms with E-state index in [0.717, 1.165) is 43.0 Å². The molecule has 0 aliphatic carbocycles. The summed E-state index contributed by atoms with van der Waals surface area (Å²) < 4.78 is 2.06. The van der Waals surface area contributed by atoms with Crippen LogP contribution in [0.15, 0.2) is 12.7 Å². The molecule has 0 amide bonds. The van der Waals surface area contributed by atoms with E-state index in [1.54, 1.807) is 6.33 Å². The Kier molecular flexibility index (Phi) is 4.22. The summed E-state index contributed by atoms with van der Waals surface area (Å²) in [4.78, 5) is 15.2. The predicted octanol–water partition coefficient (Wildman–Crippen LogP) is 0.627. The zero-order chi connectivity index (χ0) is 13.0. The summed E-state index contributed by atoms with van der Waals surface area (Å²) in [7, 11) is 0. The van der Waals surface area contributed by atoms with Gasteiger partial charge in [0.2, 0.25) is 0 Å². The van der Waals surface area contributed by atoms with Gasteiger partial charge in [0.05, 0.1) is 12.0 Å². The normalized spacial score (nSPS) is 11.6. The molecule has 0 radical (unpaired) electrons. The van der Waals surface area contributed by atoms with Gasteiger partial charge in [-0.25, -0.2) is 15.0 Å². The maximum atomic E-state index is 5.64. The Morgan fingerprint density at radius 3 is 2.67 bits per heavy atom. The van der Waals surface area contributed by atoms with E-state index >= 15 is 0 Å². The van der Waals surface area contributed by atoms with Gasteiger partial charge in [0.1, 0.15) is 11.8 Å². The molecule has 0 fully saturated rings. The third-order valence-electron chi connectivity index (χ3n) is 3.22. The van der Waals surface area contributed by atoms with Crippen molar-refractivity contribution in [3.05, 3.63) is 18.3 Å². The minimum absolute atomic E-state index is 0.395. The number of hydrogen-bond acceptors (Lipinski definition) is 5. The molecule has 98 valence electrons. The van der Waals surface area contributed by atoms with Crippen molar-refractivity contribution in [1.82, 2.24) is 24.4 Å². The summed E-state index contributed by atoms with van der Waals surface area (Å²) in [5.41, 5.74) is 8.14. The Morgan fingerprint density at radius 1 is 1.22 bits per heavy atom. The highest BCUT2D eigenvalue weighted by Crippen LogP contribution is 2.12. The van der Waals surface area contributed by atoms with E-state index in [-0.39, 0.29) is 0 Å². The molecule has 2 aromatic rings. The van der Waals surface area contributed by atoms with E-state index in [0.29, 0.717) is 6.54 Å². The molecular weight excluding hydrogens is 228 g/mol. The summed E-state index contributed by atoms with van der Waals surface area (Å²) in [6.07, 6.45) is 3.38. The van der Waals surface area contributed by atoms with Crippen molar-refractivity contribution in [1.29, 1.82) is 0 Å². The van der Waals surface area contributed by atoms with Gasteiger partial charge in [0.25, 0.3) is 0 Å². The monoisotopic (exact) mass is 248 g/mol. The number of fused-ring (bicyclic) bond motifs is 1. The van der Waals surface area contributed by atoms with Crippen LogP contribution >= 0.6 is 0 Å². The quantitative estimate of drug-likeness (QED) is 0.811. The lowest BCUT2D eigenvalue weighted by molar-refractivity contribution is 0.291. The number of imidazole rings is 1. The second-order valence-electron chi connectivity index (χ2n) is 4.16. The van der Waals surface area contributed by atoms with Crippen LogP contribution in [0.5, 0.6) is 0 Å². The molecule has 0 saturated carbocycles. The van der Waals surface area contributed by atoms with E-state index in [1.807, 2.05) is 6.33 Å². The van der Waals surface area contributed by atoms with Crippen LogP contribution in [0.25, 0.3) is 11.2 Å². The molecule has 0 spiro atoms. The first kappa shape index (κ1) is 12.9. The van der Waals surface area contributed by atoms with Crippen LogP contribution in [0.1, 0.15) is 19.5 Å². The van der Waals surface area contributed by atoms with Crippen LogP contribution in [0, 0.1) is 0 Å². The number of nitrogens with two attached hydrogens (primary N) is 1. The molecule has 0 unspecified atom stereocenters. The van der Waals surface area contributed by atoms with E-state index in [1.165, 1.54) is 0 Å². The van der Waals surface area contributed by atoms with E-state index < -0.39 is 0 Å². The molecular formula is C12H20N6.